The van der Waals surface area contributed by atoms with E-state index in [1.165, 1.54) is 10.9 Å². The van der Waals surface area contributed by atoms with Crippen molar-refractivity contribution < 1.29 is 5.21 Å². The molecule has 0 spiro atoms. The molecule has 1 aromatic heterocycles. The average molecular weight is 200 g/mol. The fourth-order valence-corrected chi connectivity index (χ4v) is 2.36. The lowest BCUT2D eigenvalue weighted by Gasteiger charge is -2.12. The first-order valence-electron chi connectivity index (χ1n) is 5.21. The predicted octanol–water partition coefficient (Wildman–Crippen LogP) is 2.68. The SMILES string of the molecule is O/N=C1\CCCc2c1[nH]c1ccccc21. The number of aromatic nitrogens is 1. The molecule has 1 aliphatic rings. The monoisotopic (exact) mass is 200 g/mol. The van der Waals surface area contributed by atoms with Crippen LogP contribution in [0.5, 0.6) is 0 Å². The van der Waals surface area contributed by atoms with Crippen LogP contribution in [0.4, 0.5) is 0 Å². The van der Waals surface area contributed by atoms with Crippen molar-refractivity contribution >= 4 is 16.6 Å². The minimum absolute atomic E-state index is 0.785. The molecule has 0 aliphatic heterocycles. The molecule has 1 heterocycles. The number of fused-ring (bicyclic) bond motifs is 3. The smallest absolute Gasteiger partial charge is 0.103 e. The zero-order valence-electron chi connectivity index (χ0n) is 8.33. The van der Waals surface area contributed by atoms with Gasteiger partial charge >= 0.3 is 0 Å². The van der Waals surface area contributed by atoms with Crippen molar-refractivity contribution in [3.63, 3.8) is 0 Å². The number of aryl methyl sites for hydroxylation is 1. The maximum absolute atomic E-state index is 8.93. The molecule has 3 heteroatoms. The Kier molecular flexibility index (Phi) is 1.78. The maximum atomic E-state index is 8.93. The highest BCUT2D eigenvalue weighted by molar-refractivity contribution is 6.06. The molecule has 3 rings (SSSR count). The van der Waals surface area contributed by atoms with E-state index in [4.69, 9.17) is 5.21 Å². The van der Waals surface area contributed by atoms with Crippen molar-refractivity contribution in [2.24, 2.45) is 5.16 Å². The van der Waals surface area contributed by atoms with E-state index in [0.29, 0.717) is 0 Å². The number of oxime groups is 1. The second kappa shape index (κ2) is 3.12. The number of aromatic amines is 1. The zero-order valence-corrected chi connectivity index (χ0v) is 8.33. The zero-order chi connectivity index (χ0) is 10.3. The number of benzene rings is 1. The average Bonchev–Trinajstić information content (AvgIpc) is 2.67. The Hall–Kier alpha value is -1.77. The second-order valence-corrected chi connectivity index (χ2v) is 3.92. The van der Waals surface area contributed by atoms with Crippen LogP contribution in [0.1, 0.15) is 24.1 Å². The largest absolute Gasteiger partial charge is 0.411 e. The summed E-state index contributed by atoms with van der Waals surface area (Å²) in [6, 6.07) is 8.23. The summed E-state index contributed by atoms with van der Waals surface area (Å²) >= 11 is 0. The number of rotatable bonds is 0. The molecule has 0 bridgehead atoms. The van der Waals surface area contributed by atoms with E-state index in [9.17, 15) is 0 Å². The van der Waals surface area contributed by atoms with Gasteiger partial charge in [0.15, 0.2) is 0 Å². The molecule has 0 saturated carbocycles. The summed E-state index contributed by atoms with van der Waals surface area (Å²) in [7, 11) is 0. The summed E-state index contributed by atoms with van der Waals surface area (Å²) in [5.41, 5.74) is 4.23. The molecule has 3 nitrogen and oxygen atoms in total. The molecule has 0 atom stereocenters. The first-order chi connectivity index (χ1) is 7.40. The van der Waals surface area contributed by atoms with Crippen LogP contribution in [0, 0.1) is 0 Å². The fourth-order valence-electron chi connectivity index (χ4n) is 2.36. The maximum Gasteiger partial charge on any atom is 0.103 e. The Bertz CT molecular complexity index is 540. The molecule has 2 N–H and O–H groups in total. The van der Waals surface area contributed by atoms with Crippen molar-refractivity contribution in [2.75, 3.05) is 0 Å². The molecular weight excluding hydrogens is 188 g/mol. The molecule has 0 amide bonds. The van der Waals surface area contributed by atoms with E-state index in [1.54, 1.807) is 0 Å². The van der Waals surface area contributed by atoms with Crippen LogP contribution in [0.3, 0.4) is 0 Å². The van der Waals surface area contributed by atoms with Gasteiger partial charge in [-0.25, -0.2) is 0 Å². The number of hydrogen-bond donors (Lipinski definition) is 2. The number of nitrogens with one attached hydrogen (secondary N) is 1. The Morgan fingerprint density at radius 2 is 2.07 bits per heavy atom. The lowest BCUT2D eigenvalue weighted by molar-refractivity contribution is 0.317. The highest BCUT2D eigenvalue weighted by atomic mass is 16.4. The quantitative estimate of drug-likeness (QED) is 0.498. The van der Waals surface area contributed by atoms with Crippen LogP contribution < -0.4 is 0 Å². The standard InChI is InChI=1S/C12H12N2O/c15-14-11-7-3-5-9-8-4-1-2-6-10(8)13-12(9)11/h1-2,4,6,13,15H,3,5,7H2/b14-11+. The number of H-pyrrole nitrogens is 1. The van der Waals surface area contributed by atoms with Crippen LogP contribution in [-0.4, -0.2) is 15.9 Å². The third kappa shape index (κ3) is 1.16. The Balaban J connectivity index is 2.34. The first-order valence-corrected chi connectivity index (χ1v) is 5.21. The van der Waals surface area contributed by atoms with Gasteiger partial charge in [-0.1, -0.05) is 23.4 Å². The molecule has 0 unspecified atom stereocenters. The topological polar surface area (TPSA) is 48.4 Å². The highest BCUT2D eigenvalue weighted by Gasteiger charge is 2.20. The van der Waals surface area contributed by atoms with Gasteiger partial charge in [-0.15, -0.1) is 0 Å². The number of hydrogen-bond acceptors (Lipinski definition) is 2. The van der Waals surface area contributed by atoms with Crippen molar-refractivity contribution in [3.05, 3.63) is 35.5 Å². The van der Waals surface area contributed by atoms with Crippen LogP contribution in [0.2, 0.25) is 0 Å². The molecule has 0 radical (unpaired) electrons. The number of nitrogens with zero attached hydrogens (tertiary/aromatic N) is 1. The van der Waals surface area contributed by atoms with Gasteiger partial charge < -0.3 is 10.2 Å². The van der Waals surface area contributed by atoms with Gasteiger partial charge in [0, 0.05) is 10.9 Å². The van der Waals surface area contributed by atoms with Crippen LogP contribution in [-0.2, 0) is 6.42 Å². The van der Waals surface area contributed by atoms with Gasteiger partial charge in [0.2, 0.25) is 0 Å². The predicted molar refractivity (Wildman–Crippen MR) is 59.6 cm³/mol. The molecule has 1 aliphatic carbocycles. The summed E-state index contributed by atoms with van der Waals surface area (Å²) in [5, 5.41) is 13.6. The van der Waals surface area contributed by atoms with Crippen LogP contribution in [0.15, 0.2) is 29.4 Å². The molecule has 0 fully saturated rings. The van der Waals surface area contributed by atoms with Gasteiger partial charge in [0.25, 0.3) is 0 Å². The second-order valence-electron chi connectivity index (χ2n) is 3.92. The highest BCUT2D eigenvalue weighted by Crippen LogP contribution is 2.28. The van der Waals surface area contributed by atoms with Gasteiger partial charge in [-0.05, 0) is 30.9 Å². The lowest BCUT2D eigenvalue weighted by atomic mass is 9.94. The molecule has 2 aromatic rings. The van der Waals surface area contributed by atoms with Crippen molar-refractivity contribution in [1.82, 2.24) is 4.98 Å². The molecule has 0 saturated heterocycles. The van der Waals surface area contributed by atoms with E-state index in [2.05, 4.69) is 22.3 Å². The van der Waals surface area contributed by atoms with E-state index >= 15 is 0 Å². The minimum Gasteiger partial charge on any atom is -0.411 e. The molecular formula is C12H12N2O. The summed E-state index contributed by atoms with van der Waals surface area (Å²) in [4.78, 5) is 3.33. The van der Waals surface area contributed by atoms with Crippen molar-refractivity contribution in [2.45, 2.75) is 19.3 Å². The van der Waals surface area contributed by atoms with Crippen molar-refractivity contribution in [1.29, 1.82) is 0 Å². The minimum atomic E-state index is 0.785. The fraction of sp³-hybridized carbons (Fsp3) is 0.250. The van der Waals surface area contributed by atoms with Crippen LogP contribution >= 0.6 is 0 Å². The van der Waals surface area contributed by atoms with Gasteiger partial charge in [0.1, 0.15) is 5.71 Å². The summed E-state index contributed by atoms with van der Waals surface area (Å²) in [6.45, 7) is 0. The normalized spacial score (nSPS) is 18.3. The summed E-state index contributed by atoms with van der Waals surface area (Å²) < 4.78 is 0. The third-order valence-corrected chi connectivity index (χ3v) is 3.06. The van der Waals surface area contributed by atoms with Gasteiger partial charge in [-0.3, -0.25) is 0 Å². The Labute approximate surface area is 87.4 Å². The summed E-state index contributed by atoms with van der Waals surface area (Å²) in [5.74, 6) is 0. The van der Waals surface area contributed by atoms with Crippen molar-refractivity contribution in [3.8, 4) is 0 Å². The van der Waals surface area contributed by atoms with E-state index in [0.717, 1.165) is 36.2 Å². The Morgan fingerprint density at radius 1 is 1.20 bits per heavy atom. The molecule has 76 valence electrons. The van der Waals surface area contributed by atoms with Gasteiger partial charge in [-0.2, -0.15) is 0 Å². The van der Waals surface area contributed by atoms with E-state index < -0.39 is 0 Å². The van der Waals surface area contributed by atoms with Gasteiger partial charge in [0.05, 0.1) is 5.69 Å². The first kappa shape index (κ1) is 8.53. The van der Waals surface area contributed by atoms with E-state index in [-0.39, 0.29) is 0 Å². The van der Waals surface area contributed by atoms with E-state index in [1.807, 2.05) is 12.1 Å². The molecule has 15 heavy (non-hydrogen) atoms. The van der Waals surface area contributed by atoms with Crippen LogP contribution in [0.25, 0.3) is 10.9 Å². The Morgan fingerprint density at radius 3 is 2.93 bits per heavy atom. The molecule has 1 aromatic carbocycles. The number of para-hydroxylation sites is 1. The lowest BCUT2D eigenvalue weighted by Crippen LogP contribution is -2.10. The third-order valence-electron chi connectivity index (χ3n) is 3.06. The summed E-state index contributed by atoms with van der Waals surface area (Å²) in [6.07, 6.45) is 2.99.